The molecule has 0 atom stereocenters. The van der Waals surface area contributed by atoms with E-state index >= 15 is 0 Å². The van der Waals surface area contributed by atoms with Crippen LogP contribution in [0.15, 0.2) is 97.5 Å². The lowest BCUT2D eigenvalue weighted by molar-refractivity contribution is 1.18. The minimum atomic E-state index is 0.956. The van der Waals surface area contributed by atoms with Gasteiger partial charge in [0.05, 0.1) is 22.1 Å². The molecular formula is C26H16N4. The maximum Gasteiger partial charge on any atom is 0.145 e. The Morgan fingerprint density at radius 3 is 2.33 bits per heavy atom. The number of aromatic nitrogens is 4. The van der Waals surface area contributed by atoms with E-state index in [-0.39, 0.29) is 0 Å². The Bertz CT molecular complexity index is 1740. The highest BCUT2D eigenvalue weighted by Crippen LogP contribution is 2.39. The minimum absolute atomic E-state index is 0.956. The molecule has 0 fully saturated rings. The van der Waals surface area contributed by atoms with Crippen molar-refractivity contribution in [2.75, 3.05) is 0 Å². The summed E-state index contributed by atoms with van der Waals surface area (Å²) in [5, 5.41) is 4.72. The zero-order valence-electron chi connectivity index (χ0n) is 16.0. The van der Waals surface area contributed by atoms with Gasteiger partial charge in [-0.1, -0.05) is 42.5 Å². The molecular weight excluding hydrogens is 368 g/mol. The zero-order valence-corrected chi connectivity index (χ0v) is 16.0. The van der Waals surface area contributed by atoms with Gasteiger partial charge in [-0.05, 0) is 36.4 Å². The van der Waals surface area contributed by atoms with Gasteiger partial charge in [0.25, 0.3) is 0 Å². The van der Waals surface area contributed by atoms with E-state index in [0.29, 0.717) is 0 Å². The van der Waals surface area contributed by atoms with Gasteiger partial charge in [-0.2, -0.15) is 0 Å². The summed E-state index contributed by atoms with van der Waals surface area (Å²) in [7, 11) is 0. The number of hydrogen-bond donors (Lipinski definition) is 0. The van der Waals surface area contributed by atoms with Crippen molar-refractivity contribution in [1.82, 2.24) is 18.9 Å². The molecule has 0 unspecified atom stereocenters. The number of nitrogens with zero attached hydrogens (tertiary/aromatic N) is 4. The second-order valence-corrected chi connectivity index (χ2v) is 7.56. The SMILES string of the molecule is c1ccc(-n2c3ccccc3c3ccc4c(c5ncccc5n5ccnc45)c32)cc1. The van der Waals surface area contributed by atoms with Gasteiger partial charge in [0.1, 0.15) is 5.65 Å². The fourth-order valence-electron chi connectivity index (χ4n) is 4.81. The van der Waals surface area contributed by atoms with Crippen molar-refractivity contribution in [2.24, 2.45) is 0 Å². The van der Waals surface area contributed by atoms with Crippen LogP contribution in [0.3, 0.4) is 0 Å². The second kappa shape index (κ2) is 5.67. The standard InChI is InChI=1S/C26H16N4/c1-2-7-17(8-3-1)30-21-10-5-4-9-18(21)19-12-13-20-23(25(19)30)24-22(11-6-14-27-24)29-16-15-28-26(20)29/h1-16H. The van der Waals surface area contributed by atoms with Gasteiger partial charge in [0.2, 0.25) is 0 Å². The zero-order chi connectivity index (χ0) is 19.7. The van der Waals surface area contributed by atoms with Crippen LogP contribution in [0.25, 0.3) is 54.9 Å². The first-order valence-electron chi connectivity index (χ1n) is 10.0. The van der Waals surface area contributed by atoms with Crippen molar-refractivity contribution >= 4 is 49.3 Å². The molecule has 0 saturated heterocycles. The minimum Gasteiger partial charge on any atom is -0.309 e. The molecule has 0 spiro atoms. The summed E-state index contributed by atoms with van der Waals surface area (Å²) in [5.41, 5.74) is 6.52. The number of fused-ring (bicyclic) bond motifs is 10. The maximum atomic E-state index is 4.83. The maximum absolute atomic E-state index is 4.83. The normalized spacial score (nSPS) is 12.0. The van der Waals surface area contributed by atoms with Crippen LogP contribution < -0.4 is 0 Å². The molecule has 0 amide bonds. The molecule has 0 bridgehead atoms. The van der Waals surface area contributed by atoms with Crippen LogP contribution in [0.1, 0.15) is 0 Å². The van der Waals surface area contributed by atoms with Gasteiger partial charge >= 0.3 is 0 Å². The average Bonchev–Trinajstić information content (AvgIpc) is 3.43. The van der Waals surface area contributed by atoms with Crippen LogP contribution in [0.2, 0.25) is 0 Å². The van der Waals surface area contributed by atoms with Crippen molar-refractivity contribution in [3.63, 3.8) is 0 Å². The summed E-state index contributed by atoms with van der Waals surface area (Å²) in [4.78, 5) is 9.52. The molecule has 140 valence electrons. The summed E-state index contributed by atoms with van der Waals surface area (Å²) in [6, 6.07) is 27.7. The molecule has 4 heteroatoms. The molecule has 0 aliphatic rings. The number of imidazole rings is 1. The Kier molecular flexibility index (Phi) is 2.97. The summed E-state index contributed by atoms with van der Waals surface area (Å²) in [6.07, 6.45) is 5.74. The Labute approximate surface area is 171 Å². The van der Waals surface area contributed by atoms with Crippen molar-refractivity contribution in [2.45, 2.75) is 0 Å². The Morgan fingerprint density at radius 2 is 1.40 bits per heavy atom. The third kappa shape index (κ3) is 1.90. The topological polar surface area (TPSA) is 35.1 Å². The Morgan fingerprint density at radius 1 is 0.600 bits per heavy atom. The molecule has 7 aromatic rings. The smallest absolute Gasteiger partial charge is 0.145 e. The van der Waals surface area contributed by atoms with E-state index in [1.165, 1.54) is 21.8 Å². The predicted molar refractivity (Wildman–Crippen MR) is 122 cm³/mol. The molecule has 4 heterocycles. The summed E-state index contributed by atoms with van der Waals surface area (Å²) in [6.45, 7) is 0. The van der Waals surface area contributed by atoms with Crippen molar-refractivity contribution in [3.8, 4) is 5.69 Å². The van der Waals surface area contributed by atoms with Gasteiger partial charge in [0.15, 0.2) is 0 Å². The molecule has 0 aliphatic carbocycles. The summed E-state index contributed by atoms with van der Waals surface area (Å²) >= 11 is 0. The lowest BCUT2D eigenvalue weighted by Crippen LogP contribution is -1.97. The van der Waals surface area contributed by atoms with E-state index in [4.69, 9.17) is 4.98 Å². The van der Waals surface area contributed by atoms with Crippen LogP contribution in [0.4, 0.5) is 0 Å². The van der Waals surface area contributed by atoms with Crippen molar-refractivity contribution in [1.29, 1.82) is 0 Å². The number of benzene rings is 3. The van der Waals surface area contributed by atoms with E-state index in [2.05, 4.69) is 86.7 Å². The summed E-state index contributed by atoms with van der Waals surface area (Å²) < 4.78 is 4.49. The van der Waals surface area contributed by atoms with Crippen LogP contribution in [0.5, 0.6) is 0 Å². The number of pyridine rings is 2. The Hall–Kier alpha value is -4.18. The number of para-hydroxylation sites is 2. The van der Waals surface area contributed by atoms with E-state index in [9.17, 15) is 0 Å². The first-order valence-corrected chi connectivity index (χ1v) is 10.0. The van der Waals surface area contributed by atoms with Gasteiger partial charge in [-0.15, -0.1) is 0 Å². The highest BCUT2D eigenvalue weighted by molar-refractivity contribution is 6.26. The van der Waals surface area contributed by atoms with Crippen LogP contribution in [-0.4, -0.2) is 18.9 Å². The molecule has 0 N–H and O–H groups in total. The largest absolute Gasteiger partial charge is 0.309 e. The van der Waals surface area contributed by atoms with E-state index in [0.717, 1.165) is 33.1 Å². The fraction of sp³-hybridized carbons (Fsp3) is 0. The Balaban J connectivity index is 1.87. The van der Waals surface area contributed by atoms with Crippen molar-refractivity contribution in [3.05, 3.63) is 97.5 Å². The van der Waals surface area contributed by atoms with Crippen LogP contribution in [0, 0.1) is 0 Å². The fourth-order valence-corrected chi connectivity index (χ4v) is 4.81. The monoisotopic (exact) mass is 384 g/mol. The quantitative estimate of drug-likeness (QED) is 0.319. The lowest BCUT2D eigenvalue weighted by atomic mass is 10.0. The third-order valence-corrected chi connectivity index (χ3v) is 6.02. The molecule has 7 rings (SSSR count). The summed E-state index contributed by atoms with van der Waals surface area (Å²) in [5.74, 6) is 0. The van der Waals surface area contributed by atoms with Gasteiger partial charge in [-0.25, -0.2) is 4.98 Å². The average molecular weight is 384 g/mol. The highest BCUT2D eigenvalue weighted by Gasteiger charge is 2.19. The molecule has 3 aromatic carbocycles. The van der Waals surface area contributed by atoms with E-state index in [1.807, 2.05) is 24.7 Å². The van der Waals surface area contributed by atoms with Crippen LogP contribution in [-0.2, 0) is 0 Å². The second-order valence-electron chi connectivity index (χ2n) is 7.56. The molecule has 4 nitrogen and oxygen atoms in total. The first kappa shape index (κ1) is 15.7. The predicted octanol–water partition coefficient (Wildman–Crippen LogP) is 6.13. The third-order valence-electron chi connectivity index (χ3n) is 6.02. The molecule has 4 aromatic heterocycles. The van der Waals surface area contributed by atoms with Crippen molar-refractivity contribution < 1.29 is 0 Å². The number of hydrogen-bond acceptors (Lipinski definition) is 2. The van der Waals surface area contributed by atoms with Gasteiger partial charge < -0.3 is 4.57 Å². The van der Waals surface area contributed by atoms with E-state index in [1.54, 1.807) is 0 Å². The molecule has 0 radical (unpaired) electrons. The van der Waals surface area contributed by atoms with Gasteiger partial charge in [-0.3, -0.25) is 9.38 Å². The first-order chi connectivity index (χ1) is 14.9. The van der Waals surface area contributed by atoms with Gasteiger partial charge in [0, 0.05) is 45.8 Å². The van der Waals surface area contributed by atoms with Crippen LogP contribution >= 0.6 is 0 Å². The number of rotatable bonds is 1. The highest BCUT2D eigenvalue weighted by atomic mass is 15.0. The molecule has 0 saturated carbocycles. The molecule has 0 aliphatic heterocycles. The van der Waals surface area contributed by atoms with E-state index < -0.39 is 0 Å². The lowest BCUT2D eigenvalue weighted by Gasteiger charge is -2.12. The molecule has 30 heavy (non-hydrogen) atoms.